The molecule has 0 aliphatic heterocycles. The molecular formula is C27H28F3N5O4. The first-order valence-corrected chi connectivity index (χ1v) is 12.0. The van der Waals surface area contributed by atoms with Crippen LogP contribution in [-0.4, -0.2) is 51.8 Å². The summed E-state index contributed by atoms with van der Waals surface area (Å²) in [5.41, 5.74) is 1.10. The number of alkyl halides is 3. The Bertz CT molecular complexity index is 1360. The highest BCUT2D eigenvalue weighted by molar-refractivity contribution is 6.00. The van der Waals surface area contributed by atoms with Crippen LogP contribution in [0.1, 0.15) is 49.7 Å². The largest absolute Gasteiger partial charge is 0.464 e. The Kier molecular flexibility index (Phi) is 8.96. The third-order valence-electron chi connectivity index (χ3n) is 5.46. The molecule has 0 saturated heterocycles. The van der Waals surface area contributed by atoms with Crippen LogP contribution >= 0.6 is 0 Å². The molecule has 2 aromatic heterocycles. The highest BCUT2D eigenvalue weighted by atomic mass is 19.4. The Balaban J connectivity index is 2.16. The van der Waals surface area contributed by atoms with Crippen LogP contribution in [0, 0.1) is 11.3 Å². The van der Waals surface area contributed by atoms with Gasteiger partial charge in [0, 0.05) is 29.9 Å². The fourth-order valence-corrected chi connectivity index (χ4v) is 3.86. The number of nitrogens with zero attached hydrogens (tertiary/aromatic N) is 4. The molecule has 0 aliphatic carbocycles. The number of benzene rings is 1. The lowest BCUT2D eigenvalue weighted by Crippen LogP contribution is -2.42. The molecule has 3 rings (SSSR count). The Labute approximate surface area is 223 Å². The van der Waals surface area contributed by atoms with E-state index in [0.29, 0.717) is 27.9 Å². The summed E-state index contributed by atoms with van der Waals surface area (Å²) in [6.45, 7) is 4.59. The molecule has 0 fully saturated rings. The van der Waals surface area contributed by atoms with Gasteiger partial charge in [0.2, 0.25) is 0 Å². The molecule has 1 N–H and O–H groups in total. The molecule has 1 amide bonds. The quantitative estimate of drug-likeness (QED) is 0.372. The molecule has 9 nitrogen and oxygen atoms in total. The number of rotatable bonds is 8. The van der Waals surface area contributed by atoms with Crippen LogP contribution in [-0.2, 0) is 16.0 Å². The number of amides is 1. The first kappa shape index (κ1) is 29.2. The fraction of sp³-hybridized carbons (Fsp3) is 0.370. The van der Waals surface area contributed by atoms with E-state index in [2.05, 4.69) is 21.5 Å². The normalized spacial score (nSPS) is 12.4. The van der Waals surface area contributed by atoms with E-state index in [4.69, 9.17) is 9.47 Å². The van der Waals surface area contributed by atoms with Crippen molar-refractivity contribution in [1.29, 1.82) is 5.26 Å². The monoisotopic (exact) mass is 543 g/mol. The summed E-state index contributed by atoms with van der Waals surface area (Å²) < 4.78 is 50.9. The van der Waals surface area contributed by atoms with Gasteiger partial charge in [0.1, 0.15) is 11.3 Å². The molecular weight excluding hydrogens is 515 g/mol. The summed E-state index contributed by atoms with van der Waals surface area (Å²) in [6, 6.07) is 10.8. The Morgan fingerprint density at radius 1 is 1.13 bits per heavy atom. The van der Waals surface area contributed by atoms with Crippen LogP contribution in [0.5, 0.6) is 0 Å². The third kappa shape index (κ3) is 8.04. The van der Waals surface area contributed by atoms with Crippen LogP contribution in [0.3, 0.4) is 0 Å². The van der Waals surface area contributed by atoms with E-state index in [9.17, 15) is 28.0 Å². The Morgan fingerprint density at radius 3 is 2.41 bits per heavy atom. The lowest BCUT2D eigenvalue weighted by Gasteiger charge is -2.24. The predicted octanol–water partition coefficient (Wildman–Crippen LogP) is 5.51. The number of halogens is 3. The number of hydrogen-bond donors (Lipinski definition) is 1. The van der Waals surface area contributed by atoms with Gasteiger partial charge in [0.25, 0.3) is 0 Å². The average Bonchev–Trinajstić information content (AvgIpc) is 3.25. The van der Waals surface area contributed by atoms with Crippen LogP contribution in [0.4, 0.5) is 18.0 Å². The van der Waals surface area contributed by atoms with E-state index in [1.807, 2.05) is 0 Å². The maximum atomic E-state index is 13.1. The number of nitriles is 1. The highest BCUT2D eigenvalue weighted by Crippen LogP contribution is 2.35. The summed E-state index contributed by atoms with van der Waals surface area (Å²) >= 11 is 0. The van der Waals surface area contributed by atoms with Crippen molar-refractivity contribution in [2.45, 2.75) is 58.0 Å². The average molecular weight is 544 g/mol. The van der Waals surface area contributed by atoms with Gasteiger partial charge in [0.05, 0.1) is 31.3 Å². The minimum atomic E-state index is -4.48. The van der Waals surface area contributed by atoms with Gasteiger partial charge in [0.15, 0.2) is 5.69 Å². The standard InChI is InChI=1S/C27H28F3N5O4/c1-26(2,3)39-25(37)33-20(8-11-27(28,29)30)16-35-23(24(36)38-4)21(18-9-12-32-13-10-18)22(34-35)19-7-5-6-17(14-19)15-31/h5-7,9-10,12-14,20H,8,11,16H2,1-4H3,(H,33,37)/t20-/m0/s1. The molecule has 3 aromatic rings. The molecule has 2 heterocycles. The van der Waals surface area contributed by atoms with Crippen molar-refractivity contribution in [3.8, 4) is 28.5 Å². The Morgan fingerprint density at radius 2 is 1.82 bits per heavy atom. The first-order chi connectivity index (χ1) is 18.3. The van der Waals surface area contributed by atoms with Gasteiger partial charge in [-0.05, 0) is 57.0 Å². The fourth-order valence-electron chi connectivity index (χ4n) is 3.86. The van der Waals surface area contributed by atoms with Gasteiger partial charge < -0.3 is 14.8 Å². The predicted molar refractivity (Wildman–Crippen MR) is 135 cm³/mol. The van der Waals surface area contributed by atoms with E-state index >= 15 is 0 Å². The van der Waals surface area contributed by atoms with Crippen molar-refractivity contribution in [2.75, 3.05) is 7.11 Å². The van der Waals surface area contributed by atoms with E-state index < -0.39 is 42.7 Å². The SMILES string of the molecule is COC(=O)c1c(-c2ccncc2)c(-c2cccc(C#N)c2)nn1C[C@H](CCC(F)(F)F)NC(=O)OC(C)(C)C. The molecule has 39 heavy (non-hydrogen) atoms. The number of pyridine rings is 1. The van der Waals surface area contributed by atoms with E-state index in [1.165, 1.54) is 24.2 Å². The van der Waals surface area contributed by atoms with Crippen LogP contribution in [0.15, 0.2) is 48.8 Å². The zero-order chi connectivity index (χ0) is 28.8. The zero-order valence-electron chi connectivity index (χ0n) is 21.9. The van der Waals surface area contributed by atoms with Crippen LogP contribution in [0.2, 0.25) is 0 Å². The van der Waals surface area contributed by atoms with Gasteiger partial charge in [-0.25, -0.2) is 9.59 Å². The minimum Gasteiger partial charge on any atom is -0.464 e. The second-order valence-electron chi connectivity index (χ2n) is 9.67. The number of alkyl carbamates (subject to hydrolysis) is 1. The number of methoxy groups -OCH3 is 1. The summed E-state index contributed by atoms with van der Waals surface area (Å²) in [7, 11) is 1.17. The summed E-state index contributed by atoms with van der Waals surface area (Å²) in [6.07, 6.45) is -4.03. The molecule has 0 bridgehead atoms. The number of aromatic nitrogens is 3. The molecule has 1 aromatic carbocycles. The second kappa shape index (κ2) is 12.0. The van der Waals surface area contributed by atoms with Gasteiger partial charge in [-0.3, -0.25) is 9.67 Å². The molecule has 0 aliphatic rings. The van der Waals surface area contributed by atoms with E-state index in [1.54, 1.807) is 57.2 Å². The molecule has 12 heteroatoms. The maximum Gasteiger partial charge on any atom is 0.407 e. The Hall–Kier alpha value is -4.40. The number of hydrogen-bond acceptors (Lipinski definition) is 7. The van der Waals surface area contributed by atoms with Crippen LogP contribution < -0.4 is 5.32 Å². The third-order valence-corrected chi connectivity index (χ3v) is 5.46. The van der Waals surface area contributed by atoms with Gasteiger partial charge >= 0.3 is 18.2 Å². The summed E-state index contributed by atoms with van der Waals surface area (Å²) in [5.74, 6) is -0.788. The molecule has 0 unspecified atom stereocenters. The van der Waals surface area contributed by atoms with Crippen molar-refractivity contribution in [3.63, 3.8) is 0 Å². The summed E-state index contributed by atoms with van der Waals surface area (Å²) in [5, 5.41) is 16.4. The van der Waals surface area contributed by atoms with Gasteiger partial charge in [-0.15, -0.1) is 0 Å². The molecule has 206 valence electrons. The molecule has 0 radical (unpaired) electrons. The van der Waals surface area contributed by atoms with Crippen molar-refractivity contribution in [1.82, 2.24) is 20.1 Å². The molecule has 0 spiro atoms. The minimum absolute atomic E-state index is 0.0379. The number of carbonyl (C=O) groups excluding carboxylic acids is 2. The number of esters is 1. The van der Waals surface area contributed by atoms with Gasteiger partial charge in [-0.2, -0.15) is 23.5 Å². The maximum absolute atomic E-state index is 13.1. The van der Waals surface area contributed by atoms with Crippen molar-refractivity contribution in [2.24, 2.45) is 0 Å². The number of carbonyl (C=O) groups is 2. The van der Waals surface area contributed by atoms with Crippen molar-refractivity contribution >= 4 is 12.1 Å². The zero-order valence-corrected chi connectivity index (χ0v) is 21.9. The smallest absolute Gasteiger partial charge is 0.407 e. The van der Waals surface area contributed by atoms with Crippen LogP contribution in [0.25, 0.3) is 22.4 Å². The first-order valence-electron chi connectivity index (χ1n) is 12.0. The topological polar surface area (TPSA) is 119 Å². The lowest BCUT2D eigenvalue weighted by molar-refractivity contribution is -0.136. The lowest BCUT2D eigenvalue weighted by atomic mass is 9.98. The number of ether oxygens (including phenoxy) is 2. The number of nitrogens with one attached hydrogen (secondary N) is 1. The second-order valence-corrected chi connectivity index (χ2v) is 9.67. The molecule has 1 atom stereocenters. The highest BCUT2D eigenvalue weighted by Gasteiger charge is 2.32. The van der Waals surface area contributed by atoms with Gasteiger partial charge in [-0.1, -0.05) is 12.1 Å². The van der Waals surface area contributed by atoms with E-state index in [0.717, 1.165) is 0 Å². The van der Waals surface area contributed by atoms with E-state index in [-0.39, 0.29) is 12.2 Å². The van der Waals surface area contributed by atoms with Crippen molar-refractivity contribution in [3.05, 3.63) is 60.0 Å². The summed E-state index contributed by atoms with van der Waals surface area (Å²) in [4.78, 5) is 29.5. The molecule has 0 saturated carbocycles. The van der Waals surface area contributed by atoms with Crippen molar-refractivity contribution < 1.29 is 32.2 Å².